The Morgan fingerprint density at radius 3 is 2.13 bits per heavy atom. The Morgan fingerprint density at radius 2 is 1.61 bits per heavy atom. The van der Waals surface area contributed by atoms with Gasteiger partial charge in [-0.05, 0) is 62.9 Å². The van der Waals surface area contributed by atoms with Crippen LogP contribution in [0.1, 0.15) is 54.0 Å². The molecular formula is C29H39N5O3S. The van der Waals surface area contributed by atoms with Crippen LogP contribution >= 0.6 is 11.8 Å². The third-order valence-corrected chi connectivity index (χ3v) is 7.06. The molecule has 0 bridgehead atoms. The van der Waals surface area contributed by atoms with Crippen molar-refractivity contribution < 1.29 is 14.3 Å². The van der Waals surface area contributed by atoms with Gasteiger partial charge in [-0.2, -0.15) is 0 Å². The number of rotatable bonds is 8. The van der Waals surface area contributed by atoms with Crippen molar-refractivity contribution in [1.29, 1.82) is 0 Å². The highest BCUT2D eigenvalue weighted by Gasteiger charge is 2.28. The predicted molar refractivity (Wildman–Crippen MR) is 154 cm³/mol. The molecular weight excluding hydrogens is 498 g/mol. The molecule has 3 aromatic rings. The van der Waals surface area contributed by atoms with E-state index in [9.17, 15) is 9.59 Å². The molecule has 1 aromatic heterocycles. The molecule has 2 amide bonds. The van der Waals surface area contributed by atoms with Crippen molar-refractivity contribution in [3.8, 4) is 17.1 Å². The van der Waals surface area contributed by atoms with Crippen LogP contribution in [0.5, 0.6) is 5.75 Å². The van der Waals surface area contributed by atoms with E-state index in [2.05, 4.69) is 48.4 Å². The molecule has 0 saturated carbocycles. The monoisotopic (exact) mass is 537 g/mol. The summed E-state index contributed by atoms with van der Waals surface area (Å²) in [6.07, 6.45) is 0. The van der Waals surface area contributed by atoms with E-state index >= 15 is 0 Å². The first-order valence-corrected chi connectivity index (χ1v) is 13.5. The third kappa shape index (κ3) is 7.37. The van der Waals surface area contributed by atoms with E-state index in [1.807, 2.05) is 51.4 Å². The minimum absolute atomic E-state index is 0.0643. The van der Waals surface area contributed by atoms with Gasteiger partial charge in [-0.1, -0.05) is 56.8 Å². The number of carbonyl (C=O) groups excluding carboxylic acids is 2. The van der Waals surface area contributed by atoms with Gasteiger partial charge in [-0.25, -0.2) is 0 Å². The number of hydrogen-bond acceptors (Lipinski definition) is 6. The topological polar surface area (TPSA) is 89.3 Å². The summed E-state index contributed by atoms with van der Waals surface area (Å²) < 4.78 is 7.15. The molecule has 3 rings (SSSR count). The maximum Gasteiger partial charge on any atom is 0.240 e. The second-order valence-electron chi connectivity index (χ2n) is 11.4. The SMILES string of the molecule is COc1ccc(N(CC(=O)NC(C)(C)C)C(=O)C(C)Sc2nnc(-c3ccc(C(C)(C)C)cc3)n2C)cc1. The molecule has 1 atom stereocenters. The molecule has 1 N–H and O–H groups in total. The van der Waals surface area contributed by atoms with Crippen LogP contribution in [0.2, 0.25) is 0 Å². The van der Waals surface area contributed by atoms with Crippen LogP contribution in [-0.2, 0) is 22.1 Å². The van der Waals surface area contributed by atoms with Gasteiger partial charge in [-0.15, -0.1) is 10.2 Å². The van der Waals surface area contributed by atoms with E-state index in [4.69, 9.17) is 4.74 Å². The van der Waals surface area contributed by atoms with Crippen LogP contribution < -0.4 is 15.0 Å². The van der Waals surface area contributed by atoms with Gasteiger partial charge in [0, 0.05) is 23.8 Å². The van der Waals surface area contributed by atoms with Gasteiger partial charge in [0.2, 0.25) is 11.8 Å². The minimum Gasteiger partial charge on any atom is -0.497 e. The van der Waals surface area contributed by atoms with E-state index in [0.29, 0.717) is 16.6 Å². The first-order chi connectivity index (χ1) is 17.7. The first kappa shape index (κ1) is 29.2. The van der Waals surface area contributed by atoms with Crippen molar-refractivity contribution in [1.82, 2.24) is 20.1 Å². The quantitative estimate of drug-likeness (QED) is 0.397. The van der Waals surface area contributed by atoms with Gasteiger partial charge in [-0.3, -0.25) is 9.59 Å². The maximum atomic E-state index is 13.7. The molecule has 0 saturated heterocycles. The molecule has 8 nitrogen and oxygen atoms in total. The second kappa shape index (κ2) is 11.6. The van der Waals surface area contributed by atoms with Crippen LogP contribution in [0.4, 0.5) is 5.69 Å². The summed E-state index contributed by atoms with van der Waals surface area (Å²) in [6.45, 7) is 14.0. The lowest BCUT2D eigenvalue weighted by molar-refractivity contribution is -0.124. The zero-order valence-corrected chi connectivity index (χ0v) is 24.6. The number of carbonyl (C=O) groups is 2. The van der Waals surface area contributed by atoms with Crippen molar-refractivity contribution in [2.24, 2.45) is 7.05 Å². The number of amides is 2. The fraction of sp³-hybridized carbons (Fsp3) is 0.448. The Labute approximate surface area is 230 Å². The summed E-state index contributed by atoms with van der Waals surface area (Å²) in [7, 11) is 3.48. The molecule has 1 unspecified atom stereocenters. The molecule has 38 heavy (non-hydrogen) atoms. The van der Waals surface area contributed by atoms with Crippen molar-refractivity contribution >= 4 is 29.3 Å². The predicted octanol–water partition coefficient (Wildman–Crippen LogP) is 5.22. The minimum atomic E-state index is -0.515. The van der Waals surface area contributed by atoms with Gasteiger partial charge >= 0.3 is 0 Å². The summed E-state index contributed by atoms with van der Waals surface area (Å²) in [5.41, 5.74) is 2.47. The van der Waals surface area contributed by atoms with E-state index in [1.165, 1.54) is 22.2 Å². The lowest BCUT2D eigenvalue weighted by Crippen LogP contribution is -2.48. The van der Waals surface area contributed by atoms with Gasteiger partial charge in [0.15, 0.2) is 11.0 Å². The number of aromatic nitrogens is 3. The summed E-state index contributed by atoms with van der Waals surface area (Å²) in [5, 5.41) is 11.8. The van der Waals surface area contributed by atoms with Gasteiger partial charge in [0.05, 0.1) is 12.4 Å². The fourth-order valence-electron chi connectivity index (χ4n) is 3.88. The van der Waals surface area contributed by atoms with Crippen molar-refractivity contribution in [2.75, 3.05) is 18.6 Å². The van der Waals surface area contributed by atoms with Gasteiger partial charge in [0.1, 0.15) is 12.3 Å². The van der Waals surface area contributed by atoms with Crippen LogP contribution in [-0.4, -0.2) is 51.0 Å². The summed E-state index contributed by atoms with van der Waals surface area (Å²) in [5.74, 6) is 0.954. The summed E-state index contributed by atoms with van der Waals surface area (Å²) >= 11 is 1.31. The van der Waals surface area contributed by atoms with E-state index in [1.54, 1.807) is 31.4 Å². The molecule has 0 spiro atoms. The average Bonchev–Trinajstić information content (AvgIpc) is 3.20. The first-order valence-electron chi connectivity index (χ1n) is 12.6. The van der Waals surface area contributed by atoms with Crippen molar-refractivity contribution in [3.63, 3.8) is 0 Å². The number of hydrogen-bond donors (Lipinski definition) is 1. The third-order valence-electron chi connectivity index (χ3n) is 5.94. The Bertz CT molecular complexity index is 1260. The van der Waals surface area contributed by atoms with E-state index < -0.39 is 10.8 Å². The number of benzene rings is 2. The molecule has 1 heterocycles. The number of ether oxygens (including phenoxy) is 1. The van der Waals surface area contributed by atoms with E-state index in [-0.39, 0.29) is 23.8 Å². The Hall–Kier alpha value is -3.33. The number of thioether (sulfide) groups is 1. The number of methoxy groups -OCH3 is 1. The Kier molecular flexibility index (Phi) is 8.92. The fourth-order valence-corrected chi connectivity index (χ4v) is 4.75. The number of nitrogens with one attached hydrogen (secondary N) is 1. The molecule has 0 aliphatic rings. The average molecular weight is 538 g/mol. The highest BCUT2D eigenvalue weighted by Crippen LogP contribution is 2.30. The highest BCUT2D eigenvalue weighted by atomic mass is 32.2. The molecule has 2 aromatic carbocycles. The second-order valence-corrected chi connectivity index (χ2v) is 12.7. The smallest absolute Gasteiger partial charge is 0.240 e. The van der Waals surface area contributed by atoms with Gasteiger partial charge < -0.3 is 19.5 Å². The molecule has 0 fully saturated rings. The maximum absolute atomic E-state index is 13.7. The van der Waals surface area contributed by atoms with Gasteiger partial charge in [0.25, 0.3) is 0 Å². The van der Waals surface area contributed by atoms with Crippen LogP contribution in [0, 0.1) is 0 Å². The van der Waals surface area contributed by atoms with Crippen LogP contribution in [0.3, 0.4) is 0 Å². The van der Waals surface area contributed by atoms with Crippen molar-refractivity contribution in [2.45, 2.75) is 69.8 Å². The molecule has 0 radical (unpaired) electrons. The standard InChI is InChI=1S/C29H39N5O3S/c1-19(38-27-32-31-25(33(27)8)20-10-12-21(13-11-20)28(2,3)4)26(36)34(18-24(35)30-29(5,6)7)22-14-16-23(37-9)17-15-22/h10-17,19H,18H2,1-9H3,(H,30,35). The molecule has 0 aliphatic carbocycles. The normalized spacial score (nSPS) is 12.7. The largest absolute Gasteiger partial charge is 0.497 e. The van der Waals surface area contributed by atoms with E-state index in [0.717, 1.165) is 11.4 Å². The van der Waals surface area contributed by atoms with Crippen LogP contribution in [0.25, 0.3) is 11.4 Å². The Morgan fingerprint density at radius 1 is 1.00 bits per heavy atom. The summed E-state index contributed by atoms with van der Waals surface area (Å²) in [4.78, 5) is 27.9. The molecule has 9 heteroatoms. The molecule has 204 valence electrons. The summed E-state index contributed by atoms with van der Waals surface area (Å²) in [6, 6.07) is 15.4. The van der Waals surface area contributed by atoms with Crippen LogP contribution in [0.15, 0.2) is 53.7 Å². The number of nitrogens with zero attached hydrogens (tertiary/aromatic N) is 4. The lowest BCUT2D eigenvalue weighted by Gasteiger charge is -2.27. The Balaban J connectivity index is 1.82. The zero-order valence-electron chi connectivity index (χ0n) is 23.8. The van der Waals surface area contributed by atoms with Crippen molar-refractivity contribution in [3.05, 3.63) is 54.1 Å². The zero-order chi connectivity index (χ0) is 28.3. The molecule has 0 aliphatic heterocycles. The lowest BCUT2D eigenvalue weighted by atomic mass is 9.87. The highest BCUT2D eigenvalue weighted by molar-refractivity contribution is 8.00. The number of anilines is 1.